The van der Waals surface area contributed by atoms with Crippen LogP contribution in [0.5, 0.6) is 0 Å². The minimum absolute atomic E-state index is 0.00386. The summed E-state index contributed by atoms with van der Waals surface area (Å²) in [5.41, 5.74) is 12.0. The van der Waals surface area contributed by atoms with Crippen LogP contribution in [0.4, 0.5) is 0 Å². The average molecular weight is 538 g/mol. The zero-order valence-corrected chi connectivity index (χ0v) is 21.9. The maximum Gasteiger partial charge on any atom is 0.184 e. The molecule has 8 heteroatoms. The second-order valence-electron chi connectivity index (χ2n) is 9.28. The van der Waals surface area contributed by atoms with Crippen molar-refractivity contribution in [1.29, 1.82) is 0 Å². The van der Waals surface area contributed by atoms with E-state index in [1.54, 1.807) is 10.9 Å². The van der Waals surface area contributed by atoms with Gasteiger partial charge in [-0.1, -0.05) is 103 Å². The molecule has 3 aromatic carbocycles. The monoisotopic (exact) mass is 537 g/mol. The second-order valence-corrected chi connectivity index (χ2v) is 10.00. The summed E-state index contributed by atoms with van der Waals surface area (Å²) in [6.45, 7) is 3.05. The lowest BCUT2D eigenvalue weighted by Crippen LogP contribution is -2.39. The fourth-order valence-corrected chi connectivity index (χ4v) is 5.11. The van der Waals surface area contributed by atoms with Gasteiger partial charge in [-0.15, -0.1) is 0 Å². The molecule has 3 N–H and O–H groups in total. The van der Waals surface area contributed by atoms with Crippen molar-refractivity contribution in [1.82, 2.24) is 9.55 Å². The minimum atomic E-state index is -0.583. The van der Waals surface area contributed by atoms with Crippen molar-refractivity contribution >= 4 is 23.2 Å². The van der Waals surface area contributed by atoms with Crippen molar-refractivity contribution in [3.63, 3.8) is 0 Å². The molecule has 192 valence electrons. The molecule has 0 aliphatic carbocycles. The fraction of sp³-hybridized carbons (Fsp3) is 0.276. The molecular formula is C29H29Cl2N3O3. The zero-order chi connectivity index (χ0) is 25.9. The summed E-state index contributed by atoms with van der Waals surface area (Å²) in [6, 6.07) is 24.2. The Morgan fingerprint density at radius 3 is 2.30 bits per heavy atom. The van der Waals surface area contributed by atoms with Gasteiger partial charge in [-0.05, 0) is 27.8 Å². The number of aliphatic hydroxyl groups is 1. The Kier molecular flexibility index (Phi) is 7.95. The average Bonchev–Trinajstić information content (AvgIpc) is 3.26. The zero-order valence-electron chi connectivity index (χ0n) is 20.4. The molecule has 0 saturated carbocycles. The molecule has 0 amide bonds. The maximum atomic E-state index is 9.46. The number of aromatic nitrogens is 2. The van der Waals surface area contributed by atoms with Gasteiger partial charge in [-0.3, -0.25) is 0 Å². The van der Waals surface area contributed by atoms with Gasteiger partial charge in [0.15, 0.2) is 11.4 Å². The molecule has 1 aromatic heterocycles. The van der Waals surface area contributed by atoms with Gasteiger partial charge in [-0.25, -0.2) is 4.98 Å². The van der Waals surface area contributed by atoms with Crippen LogP contribution < -0.4 is 5.73 Å². The maximum absolute atomic E-state index is 9.46. The normalized spacial score (nSPS) is 21.8. The van der Waals surface area contributed by atoms with E-state index in [1.807, 2.05) is 54.6 Å². The van der Waals surface area contributed by atoms with Crippen LogP contribution in [-0.2, 0) is 29.2 Å². The van der Waals surface area contributed by atoms with Gasteiger partial charge in [0, 0.05) is 18.0 Å². The summed E-state index contributed by atoms with van der Waals surface area (Å²) in [6.07, 6.45) is 0.591. The minimum Gasteiger partial charge on any atom is -0.392 e. The summed E-state index contributed by atoms with van der Waals surface area (Å²) in [7, 11) is 0. The number of nitrogens with zero attached hydrogens (tertiary/aromatic N) is 2. The van der Waals surface area contributed by atoms with Crippen molar-refractivity contribution in [2.45, 2.75) is 45.1 Å². The standard InChI is InChI=1S/C29H29Cl2N3O3/c1-18-25(15-34-17-33-27(30)28(34)31)36-29(37-26(18)21-8-6-19(16-35)7-9-21)22-12-10-20(11-13-22)24-5-3-2-4-23(24)14-32/h2-13,17-18,25-26,29,35H,14-16,32H2,1H3/t18-,25+,26+,29+/m0/s1. The van der Waals surface area contributed by atoms with E-state index in [4.69, 9.17) is 38.4 Å². The predicted octanol–water partition coefficient (Wildman–Crippen LogP) is 6.30. The highest BCUT2D eigenvalue weighted by molar-refractivity contribution is 6.40. The first kappa shape index (κ1) is 25.9. The number of benzene rings is 3. The third-order valence-electron chi connectivity index (χ3n) is 6.96. The Balaban J connectivity index is 1.45. The number of hydrogen-bond acceptors (Lipinski definition) is 5. The van der Waals surface area contributed by atoms with Crippen LogP contribution in [-0.4, -0.2) is 20.8 Å². The Morgan fingerprint density at radius 2 is 1.65 bits per heavy atom. The van der Waals surface area contributed by atoms with Crippen LogP contribution in [0.2, 0.25) is 10.3 Å². The first-order valence-electron chi connectivity index (χ1n) is 12.2. The first-order valence-corrected chi connectivity index (χ1v) is 13.0. The highest BCUT2D eigenvalue weighted by Crippen LogP contribution is 2.42. The molecule has 4 aromatic rings. The highest BCUT2D eigenvalue weighted by Gasteiger charge is 2.38. The summed E-state index contributed by atoms with van der Waals surface area (Å²) >= 11 is 12.5. The molecule has 1 fully saturated rings. The Bertz CT molecular complexity index is 1340. The summed E-state index contributed by atoms with van der Waals surface area (Å²) in [5.74, 6) is 0.00386. The molecule has 4 atom stereocenters. The van der Waals surface area contributed by atoms with Crippen molar-refractivity contribution in [3.05, 3.63) is 112 Å². The predicted molar refractivity (Wildman–Crippen MR) is 145 cm³/mol. The van der Waals surface area contributed by atoms with Crippen LogP contribution in [0.15, 0.2) is 79.1 Å². The number of nitrogens with two attached hydrogens (primary N) is 1. The van der Waals surface area contributed by atoms with E-state index in [2.05, 4.69) is 30.1 Å². The molecule has 0 unspecified atom stereocenters. The van der Waals surface area contributed by atoms with Gasteiger partial charge in [0.25, 0.3) is 0 Å². The van der Waals surface area contributed by atoms with E-state index in [1.165, 1.54) is 0 Å². The lowest BCUT2D eigenvalue weighted by molar-refractivity contribution is -0.276. The molecular weight excluding hydrogens is 509 g/mol. The van der Waals surface area contributed by atoms with Crippen molar-refractivity contribution in [3.8, 4) is 11.1 Å². The number of ether oxygens (including phenoxy) is 2. The first-order chi connectivity index (χ1) is 18.0. The molecule has 0 spiro atoms. The number of rotatable bonds is 7. The van der Waals surface area contributed by atoms with Gasteiger partial charge >= 0.3 is 0 Å². The van der Waals surface area contributed by atoms with Crippen molar-refractivity contribution in [2.75, 3.05) is 0 Å². The SMILES string of the molecule is C[C@H]1[C@@H](Cn2cnc(Cl)c2Cl)O[C@@H](c2ccc(-c3ccccc3CN)cc2)O[C@H]1c1ccc(CO)cc1. The smallest absolute Gasteiger partial charge is 0.184 e. The second kappa shape index (κ2) is 11.4. The van der Waals surface area contributed by atoms with Crippen molar-refractivity contribution in [2.24, 2.45) is 11.7 Å². The quantitative estimate of drug-likeness (QED) is 0.289. The van der Waals surface area contributed by atoms with E-state index in [0.717, 1.165) is 33.4 Å². The number of imidazole rings is 1. The van der Waals surface area contributed by atoms with E-state index >= 15 is 0 Å². The molecule has 1 aliphatic heterocycles. The Hall–Kier alpha value is -2.71. The van der Waals surface area contributed by atoms with Gasteiger partial charge in [0.1, 0.15) is 5.15 Å². The Labute approximate surface area is 226 Å². The summed E-state index contributed by atoms with van der Waals surface area (Å²) < 4.78 is 14.9. The molecule has 6 nitrogen and oxygen atoms in total. The molecule has 1 aliphatic rings. The molecule has 37 heavy (non-hydrogen) atoms. The lowest BCUT2D eigenvalue weighted by Gasteiger charge is -2.41. The van der Waals surface area contributed by atoms with Crippen LogP contribution in [0.3, 0.4) is 0 Å². The van der Waals surface area contributed by atoms with Gasteiger partial charge in [0.2, 0.25) is 0 Å². The fourth-order valence-electron chi connectivity index (χ4n) is 4.79. The van der Waals surface area contributed by atoms with E-state index in [9.17, 15) is 5.11 Å². The van der Waals surface area contributed by atoms with Crippen LogP contribution in [0.1, 0.15) is 41.6 Å². The van der Waals surface area contributed by atoms with E-state index in [0.29, 0.717) is 18.2 Å². The Morgan fingerprint density at radius 1 is 0.946 bits per heavy atom. The van der Waals surface area contributed by atoms with Crippen LogP contribution in [0.25, 0.3) is 11.1 Å². The summed E-state index contributed by atoms with van der Waals surface area (Å²) in [5, 5.41) is 10.1. The third kappa shape index (κ3) is 5.46. The lowest BCUT2D eigenvalue weighted by atomic mass is 9.90. The van der Waals surface area contributed by atoms with Crippen LogP contribution >= 0.6 is 23.2 Å². The molecule has 0 radical (unpaired) electrons. The molecule has 0 bridgehead atoms. The van der Waals surface area contributed by atoms with Crippen LogP contribution in [0, 0.1) is 5.92 Å². The van der Waals surface area contributed by atoms with Crippen molar-refractivity contribution < 1.29 is 14.6 Å². The number of aliphatic hydroxyl groups excluding tert-OH is 1. The van der Waals surface area contributed by atoms with E-state index in [-0.39, 0.29) is 29.9 Å². The topological polar surface area (TPSA) is 82.5 Å². The largest absolute Gasteiger partial charge is 0.392 e. The van der Waals surface area contributed by atoms with Gasteiger partial charge < -0.3 is 24.9 Å². The van der Waals surface area contributed by atoms with Gasteiger partial charge in [-0.2, -0.15) is 0 Å². The van der Waals surface area contributed by atoms with E-state index < -0.39 is 6.29 Å². The molecule has 2 heterocycles. The third-order valence-corrected chi connectivity index (χ3v) is 7.73. The highest BCUT2D eigenvalue weighted by atomic mass is 35.5. The van der Waals surface area contributed by atoms with Gasteiger partial charge in [0.05, 0.1) is 31.7 Å². The molecule has 1 saturated heterocycles. The number of halogens is 2. The molecule has 5 rings (SSSR count). The summed E-state index contributed by atoms with van der Waals surface area (Å²) in [4.78, 5) is 4.11. The number of hydrogen-bond donors (Lipinski definition) is 2.